The molecule has 0 aliphatic heterocycles. The minimum absolute atomic E-state index is 0.142. The van der Waals surface area contributed by atoms with E-state index in [-0.39, 0.29) is 17.8 Å². The minimum atomic E-state index is -0.486. The second kappa shape index (κ2) is 6.86. The molecular weight excluding hydrogens is 339 g/mol. The molecule has 0 bridgehead atoms. The van der Waals surface area contributed by atoms with E-state index in [0.29, 0.717) is 10.9 Å². The van der Waals surface area contributed by atoms with Gasteiger partial charge in [0.15, 0.2) is 5.78 Å². The van der Waals surface area contributed by atoms with Gasteiger partial charge in [-0.15, -0.1) is 0 Å². The number of hydrogen-bond acceptors (Lipinski definition) is 2. The van der Waals surface area contributed by atoms with Crippen LogP contribution in [-0.4, -0.2) is 11.2 Å². The number of carbonyl (C=O) groups is 1. The van der Waals surface area contributed by atoms with E-state index in [0.717, 1.165) is 11.1 Å². The molecule has 4 heteroatoms. The normalized spacial score (nSPS) is 10.3. The summed E-state index contributed by atoms with van der Waals surface area (Å²) in [7, 11) is 0. The second-order valence-corrected chi connectivity index (χ2v) is 5.56. The maximum atomic E-state index is 13.7. The molecule has 20 heavy (non-hydrogen) atoms. The highest BCUT2D eigenvalue weighted by atomic mass is 79.9. The zero-order chi connectivity index (χ0) is 14.5. The summed E-state index contributed by atoms with van der Waals surface area (Å²) in [6.45, 7) is 0. The summed E-state index contributed by atoms with van der Waals surface area (Å²) < 4.78 is 14.3. The standard InChI is InChI=1S/C16H12BrFOS/c17-13-6-7-14(15(18)9-13)16(19)8-5-11-1-3-12(10-20)4-2-11/h1-4,6-7,9-10H,5,8H2. The Morgan fingerprint density at radius 3 is 2.50 bits per heavy atom. The average Bonchev–Trinajstić information content (AvgIpc) is 2.45. The molecule has 0 spiro atoms. The van der Waals surface area contributed by atoms with Crippen molar-refractivity contribution in [3.63, 3.8) is 0 Å². The number of benzene rings is 2. The first-order chi connectivity index (χ1) is 9.60. The molecule has 2 aromatic carbocycles. The van der Waals surface area contributed by atoms with E-state index in [1.165, 1.54) is 12.1 Å². The van der Waals surface area contributed by atoms with E-state index in [1.807, 2.05) is 24.3 Å². The molecule has 0 aliphatic carbocycles. The summed E-state index contributed by atoms with van der Waals surface area (Å²) in [6.07, 6.45) is 0.877. The lowest BCUT2D eigenvalue weighted by Gasteiger charge is -2.04. The van der Waals surface area contributed by atoms with E-state index in [9.17, 15) is 9.18 Å². The summed E-state index contributed by atoms with van der Waals surface area (Å²) in [5.41, 5.74) is 2.15. The van der Waals surface area contributed by atoms with Crippen LogP contribution in [0.3, 0.4) is 0 Å². The number of thiocarbonyl (C=S) groups is 1. The summed E-state index contributed by atoms with van der Waals surface area (Å²) in [4.78, 5) is 12.0. The lowest BCUT2D eigenvalue weighted by Crippen LogP contribution is -2.04. The van der Waals surface area contributed by atoms with Crippen molar-refractivity contribution in [3.05, 3.63) is 69.4 Å². The number of carbonyl (C=O) groups excluding carboxylic acids is 1. The SMILES string of the molecule is O=C(CCc1ccc(C=S)cc1)c1ccc(Br)cc1F. The molecule has 0 saturated carbocycles. The van der Waals surface area contributed by atoms with Crippen molar-refractivity contribution in [1.29, 1.82) is 0 Å². The van der Waals surface area contributed by atoms with Gasteiger partial charge in [0.25, 0.3) is 0 Å². The molecule has 102 valence electrons. The number of aryl methyl sites for hydroxylation is 1. The summed E-state index contributed by atoms with van der Waals surface area (Å²) in [5.74, 6) is -0.672. The number of Topliss-reactive ketones (excluding diaryl/α,β-unsaturated/α-hetero) is 1. The smallest absolute Gasteiger partial charge is 0.166 e. The first-order valence-electron chi connectivity index (χ1n) is 6.12. The average molecular weight is 351 g/mol. The van der Waals surface area contributed by atoms with Gasteiger partial charge in [0, 0.05) is 16.3 Å². The van der Waals surface area contributed by atoms with Crippen LogP contribution in [0.25, 0.3) is 0 Å². The fraction of sp³-hybridized carbons (Fsp3) is 0.125. The largest absolute Gasteiger partial charge is 0.294 e. The van der Waals surface area contributed by atoms with Crippen molar-refractivity contribution >= 4 is 39.3 Å². The number of rotatable bonds is 5. The Morgan fingerprint density at radius 2 is 1.90 bits per heavy atom. The van der Waals surface area contributed by atoms with Crippen LogP contribution in [0, 0.1) is 5.82 Å². The highest BCUT2D eigenvalue weighted by molar-refractivity contribution is 9.10. The molecule has 0 amide bonds. The molecule has 0 radical (unpaired) electrons. The highest BCUT2D eigenvalue weighted by Gasteiger charge is 2.11. The Kier molecular flexibility index (Phi) is 5.15. The monoisotopic (exact) mass is 350 g/mol. The van der Waals surface area contributed by atoms with Gasteiger partial charge in [0.05, 0.1) is 5.56 Å². The third kappa shape index (κ3) is 3.81. The van der Waals surface area contributed by atoms with Crippen LogP contribution in [0.1, 0.15) is 27.9 Å². The maximum absolute atomic E-state index is 13.7. The van der Waals surface area contributed by atoms with E-state index >= 15 is 0 Å². The third-order valence-electron chi connectivity index (χ3n) is 2.99. The maximum Gasteiger partial charge on any atom is 0.166 e. The van der Waals surface area contributed by atoms with Crippen molar-refractivity contribution in [2.75, 3.05) is 0 Å². The van der Waals surface area contributed by atoms with Crippen molar-refractivity contribution in [2.45, 2.75) is 12.8 Å². The Hall–Kier alpha value is -1.39. The fourth-order valence-corrected chi connectivity index (χ4v) is 2.36. The van der Waals surface area contributed by atoms with Gasteiger partial charge in [-0.05, 0) is 35.7 Å². The van der Waals surface area contributed by atoms with Gasteiger partial charge in [0.2, 0.25) is 0 Å². The van der Waals surface area contributed by atoms with E-state index in [1.54, 1.807) is 11.4 Å². The minimum Gasteiger partial charge on any atom is -0.294 e. The van der Waals surface area contributed by atoms with Crippen molar-refractivity contribution < 1.29 is 9.18 Å². The van der Waals surface area contributed by atoms with Gasteiger partial charge in [-0.3, -0.25) is 4.79 Å². The summed E-state index contributed by atoms with van der Waals surface area (Å²) in [6, 6.07) is 12.2. The van der Waals surface area contributed by atoms with Crippen LogP contribution in [0.15, 0.2) is 46.9 Å². The van der Waals surface area contributed by atoms with Gasteiger partial charge in [-0.1, -0.05) is 52.4 Å². The van der Waals surface area contributed by atoms with Gasteiger partial charge in [-0.2, -0.15) is 0 Å². The van der Waals surface area contributed by atoms with Crippen LogP contribution >= 0.6 is 28.1 Å². The van der Waals surface area contributed by atoms with E-state index in [4.69, 9.17) is 12.2 Å². The fourth-order valence-electron chi connectivity index (χ4n) is 1.87. The molecule has 0 saturated heterocycles. The van der Waals surface area contributed by atoms with E-state index in [2.05, 4.69) is 15.9 Å². The van der Waals surface area contributed by atoms with Crippen molar-refractivity contribution in [3.8, 4) is 0 Å². The molecule has 0 atom stereocenters. The number of hydrogen-bond donors (Lipinski definition) is 0. The number of ketones is 1. The van der Waals surface area contributed by atoms with Crippen LogP contribution in [0.2, 0.25) is 0 Å². The molecule has 2 aromatic rings. The van der Waals surface area contributed by atoms with Gasteiger partial charge in [-0.25, -0.2) is 4.39 Å². The summed E-state index contributed by atoms with van der Waals surface area (Å²) >= 11 is 8.00. The second-order valence-electron chi connectivity index (χ2n) is 4.41. The molecule has 0 unspecified atom stereocenters. The quantitative estimate of drug-likeness (QED) is 0.571. The van der Waals surface area contributed by atoms with Gasteiger partial charge in [0.1, 0.15) is 5.82 Å². The van der Waals surface area contributed by atoms with Crippen LogP contribution < -0.4 is 0 Å². The molecule has 2 rings (SSSR count). The van der Waals surface area contributed by atoms with E-state index < -0.39 is 5.82 Å². The van der Waals surface area contributed by atoms with Crippen LogP contribution in [0.5, 0.6) is 0 Å². The molecule has 0 heterocycles. The highest BCUT2D eigenvalue weighted by Crippen LogP contribution is 2.17. The predicted molar refractivity (Wildman–Crippen MR) is 86.0 cm³/mol. The Balaban J connectivity index is 2.02. The third-order valence-corrected chi connectivity index (χ3v) is 3.75. The predicted octanol–water partition coefficient (Wildman–Crippen LogP) is 4.75. The Bertz CT molecular complexity index is 637. The summed E-state index contributed by atoms with van der Waals surface area (Å²) in [5, 5.41) is 1.60. The molecule has 0 aliphatic rings. The number of halogens is 2. The van der Waals surface area contributed by atoms with Crippen molar-refractivity contribution in [1.82, 2.24) is 0 Å². The molecular formula is C16H12BrFOS. The lowest BCUT2D eigenvalue weighted by atomic mass is 10.0. The first kappa shape index (κ1) is 15.0. The first-order valence-corrected chi connectivity index (χ1v) is 7.39. The van der Waals surface area contributed by atoms with Crippen LogP contribution in [-0.2, 0) is 6.42 Å². The molecule has 0 N–H and O–H groups in total. The van der Waals surface area contributed by atoms with Gasteiger partial charge < -0.3 is 0 Å². The Labute approximate surface area is 131 Å². The van der Waals surface area contributed by atoms with Crippen molar-refractivity contribution in [2.24, 2.45) is 0 Å². The molecule has 0 aromatic heterocycles. The molecule has 1 nitrogen and oxygen atoms in total. The zero-order valence-corrected chi connectivity index (χ0v) is 13.0. The van der Waals surface area contributed by atoms with Crippen LogP contribution in [0.4, 0.5) is 4.39 Å². The zero-order valence-electron chi connectivity index (χ0n) is 10.6. The Morgan fingerprint density at radius 1 is 1.20 bits per heavy atom. The topological polar surface area (TPSA) is 17.1 Å². The molecule has 0 fully saturated rings. The van der Waals surface area contributed by atoms with Gasteiger partial charge >= 0.3 is 0 Å². The lowest BCUT2D eigenvalue weighted by molar-refractivity contribution is 0.0979.